The molecule has 0 spiro atoms. The van der Waals surface area contributed by atoms with E-state index in [1.807, 2.05) is 19.1 Å². The lowest BCUT2D eigenvalue weighted by molar-refractivity contribution is 0.0698. The Bertz CT molecular complexity index is 627. The van der Waals surface area contributed by atoms with E-state index in [-0.39, 0.29) is 11.6 Å². The molecule has 0 radical (unpaired) electrons. The minimum Gasteiger partial charge on any atom is -0.478 e. The number of carbonyl (C=O) groups is 2. The fourth-order valence-electron chi connectivity index (χ4n) is 1.79. The van der Waals surface area contributed by atoms with Crippen LogP contribution in [0.3, 0.4) is 0 Å². The smallest absolute Gasteiger partial charge is 0.338 e. The van der Waals surface area contributed by atoms with Gasteiger partial charge in [-0.1, -0.05) is 0 Å². The second-order valence-corrected chi connectivity index (χ2v) is 5.18. The van der Waals surface area contributed by atoms with Crippen LogP contribution in [0.25, 0.3) is 0 Å². The molecular weight excluding hydrogens is 290 g/mol. The summed E-state index contributed by atoms with van der Waals surface area (Å²) in [6, 6.07) is 4.83. The molecule has 2 amide bonds. The summed E-state index contributed by atoms with van der Waals surface area (Å²) in [6.45, 7) is 2.83. The summed E-state index contributed by atoms with van der Waals surface area (Å²) in [4.78, 5) is 28.8. The van der Waals surface area contributed by atoms with Gasteiger partial charge >= 0.3 is 12.0 Å². The number of carboxylic acids is 1. The molecule has 0 fully saturated rings. The Morgan fingerprint density at radius 3 is 2.67 bits per heavy atom. The van der Waals surface area contributed by atoms with Gasteiger partial charge in [0, 0.05) is 25.5 Å². The Morgan fingerprint density at radius 2 is 2.05 bits per heavy atom. The van der Waals surface area contributed by atoms with Crippen LogP contribution in [0.4, 0.5) is 9.80 Å². The van der Waals surface area contributed by atoms with Gasteiger partial charge in [-0.2, -0.15) is 0 Å². The zero-order valence-corrected chi connectivity index (χ0v) is 12.3. The Kier molecular flexibility index (Phi) is 4.89. The molecule has 7 heteroatoms. The fraction of sp³-hybridized carbons (Fsp3) is 0.214. The molecule has 0 aliphatic heterocycles. The van der Waals surface area contributed by atoms with Gasteiger partial charge in [-0.15, -0.1) is 11.3 Å². The third-order valence-corrected chi connectivity index (χ3v) is 3.74. The highest BCUT2D eigenvalue weighted by Gasteiger charge is 2.17. The van der Waals surface area contributed by atoms with Crippen molar-refractivity contribution in [1.82, 2.24) is 9.88 Å². The summed E-state index contributed by atoms with van der Waals surface area (Å²) in [5, 5.41) is 13.7. The number of hydrogen-bond donors (Lipinski definition) is 2. The zero-order chi connectivity index (χ0) is 15.2. The summed E-state index contributed by atoms with van der Waals surface area (Å²) in [5.74, 6) is -1.05. The van der Waals surface area contributed by atoms with Crippen molar-refractivity contribution in [2.24, 2.45) is 0 Å². The van der Waals surface area contributed by atoms with Crippen LogP contribution in [0.5, 0.6) is 0 Å². The lowest BCUT2D eigenvalue weighted by atomic mass is 10.2. The number of aromatic carboxylic acids is 1. The monoisotopic (exact) mass is 305 g/mol. The molecule has 6 nitrogen and oxygen atoms in total. The van der Waals surface area contributed by atoms with Crippen LogP contribution in [0.1, 0.15) is 22.8 Å². The van der Waals surface area contributed by atoms with Gasteiger partial charge < -0.3 is 10.0 Å². The number of nitrogens with zero attached hydrogens (tertiary/aromatic N) is 2. The normalized spacial score (nSPS) is 10.1. The highest BCUT2D eigenvalue weighted by Crippen LogP contribution is 2.23. The van der Waals surface area contributed by atoms with Gasteiger partial charge in [0.25, 0.3) is 0 Å². The molecular formula is C14H15N3O3S. The van der Waals surface area contributed by atoms with Crippen LogP contribution < -0.4 is 5.32 Å². The van der Waals surface area contributed by atoms with Gasteiger partial charge in [0.2, 0.25) is 0 Å². The molecule has 2 N–H and O–H groups in total. The van der Waals surface area contributed by atoms with Crippen LogP contribution >= 0.6 is 11.3 Å². The van der Waals surface area contributed by atoms with Crippen molar-refractivity contribution in [2.45, 2.75) is 13.5 Å². The van der Waals surface area contributed by atoms with Gasteiger partial charge in [-0.3, -0.25) is 10.3 Å². The van der Waals surface area contributed by atoms with Crippen molar-refractivity contribution < 1.29 is 14.7 Å². The number of anilines is 1. The molecule has 0 bridgehead atoms. The van der Waals surface area contributed by atoms with Gasteiger partial charge in [-0.05, 0) is 36.1 Å². The molecule has 2 aromatic rings. The number of pyridine rings is 1. The maximum atomic E-state index is 12.2. The molecule has 21 heavy (non-hydrogen) atoms. The number of aromatic nitrogens is 1. The van der Waals surface area contributed by atoms with Crippen molar-refractivity contribution in [3.63, 3.8) is 0 Å². The number of carboxylic acid groups (broad SMARTS) is 1. The van der Waals surface area contributed by atoms with Crippen molar-refractivity contribution in [1.29, 1.82) is 0 Å². The quantitative estimate of drug-likeness (QED) is 0.889. The van der Waals surface area contributed by atoms with Crippen LogP contribution in [0.2, 0.25) is 0 Å². The van der Waals surface area contributed by atoms with Crippen LogP contribution in [0.15, 0.2) is 36.0 Å². The van der Waals surface area contributed by atoms with E-state index in [9.17, 15) is 9.59 Å². The standard InChI is InChI=1S/C14H15N3O3S/c1-2-17(9-10-3-6-15-7-4-10)14(20)16-12-11(13(18)19)5-8-21-12/h3-8H,2,9H2,1H3,(H,16,20)(H,18,19). The number of urea groups is 1. The number of rotatable bonds is 5. The van der Waals surface area contributed by atoms with E-state index < -0.39 is 5.97 Å². The predicted molar refractivity (Wildman–Crippen MR) is 80.6 cm³/mol. The Balaban J connectivity index is 2.06. The maximum absolute atomic E-state index is 12.2. The molecule has 0 aliphatic carbocycles. The molecule has 2 rings (SSSR count). The van der Waals surface area contributed by atoms with E-state index in [0.29, 0.717) is 18.1 Å². The van der Waals surface area contributed by atoms with Crippen molar-refractivity contribution >= 4 is 28.3 Å². The van der Waals surface area contributed by atoms with E-state index in [2.05, 4.69) is 10.3 Å². The first-order chi connectivity index (χ1) is 10.1. The van der Waals surface area contributed by atoms with Gasteiger partial charge in [0.1, 0.15) is 5.00 Å². The molecule has 2 aromatic heterocycles. The van der Waals surface area contributed by atoms with Crippen LogP contribution in [-0.4, -0.2) is 33.5 Å². The van der Waals surface area contributed by atoms with Gasteiger partial charge in [0.15, 0.2) is 0 Å². The largest absolute Gasteiger partial charge is 0.478 e. The highest BCUT2D eigenvalue weighted by atomic mass is 32.1. The van der Waals surface area contributed by atoms with Crippen LogP contribution in [-0.2, 0) is 6.54 Å². The van der Waals surface area contributed by atoms with Crippen molar-refractivity contribution in [2.75, 3.05) is 11.9 Å². The second-order valence-electron chi connectivity index (χ2n) is 4.27. The average molecular weight is 305 g/mol. The summed E-state index contributed by atoms with van der Waals surface area (Å²) >= 11 is 1.19. The SMILES string of the molecule is CCN(Cc1ccncc1)C(=O)Nc1sccc1C(=O)O. The second kappa shape index (κ2) is 6.85. The highest BCUT2D eigenvalue weighted by molar-refractivity contribution is 7.14. The topological polar surface area (TPSA) is 82.5 Å². The molecule has 0 unspecified atom stereocenters. The lowest BCUT2D eigenvalue weighted by Crippen LogP contribution is -2.34. The number of thiophene rings is 1. The van der Waals surface area contributed by atoms with E-state index >= 15 is 0 Å². The third-order valence-electron chi connectivity index (χ3n) is 2.91. The van der Waals surface area contributed by atoms with E-state index in [1.54, 1.807) is 22.7 Å². The molecule has 0 aromatic carbocycles. The summed E-state index contributed by atoms with van der Waals surface area (Å²) in [5.41, 5.74) is 1.07. The minimum absolute atomic E-state index is 0.105. The fourth-order valence-corrected chi connectivity index (χ4v) is 2.56. The minimum atomic E-state index is -1.05. The van der Waals surface area contributed by atoms with E-state index in [0.717, 1.165) is 5.56 Å². The van der Waals surface area contributed by atoms with Gasteiger partial charge in [0.05, 0.1) is 5.56 Å². The lowest BCUT2D eigenvalue weighted by Gasteiger charge is -2.21. The zero-order valence-electron chi connectivity index (χ0n) is 11.4. The Labute approximate surface area is 126 Å². The van der Waals surface area contributed by atoms with Crippen molar-refractivity contribution in [3.05, 3.63) is 47.1 Å². The first-order valence-corrected chi connectivity index (χ1v) is 7.25. The average Bonchev–Trinajstić information content (AvgIpc) is 2.94. The van der Waals surface area contributed by atoms with Crippen LogP contribution in [0, 0.1) is 0 Å². The summed E-state index contributed by atoms with van der Waals surface area (Å²) in [7, 11) is 0. The van der Waals surface area contributed by atoms with E-state index in [1.165, 1.54) is 17.4 Å². The molecule has 0 aliphatic rings. The number of amides is 2. The number of carbonyl (C=O) groups excluding carboxylic acids is 1. The molecule has 2 heterocycles. The Hall–Kier alpha value is -2.41. The molecule has 0 atom stereocenters. The molecule has 110 valence electrons. The first kappa shape index (κ1) is 15.0. The maximum Gasteiger partial charge on any atom is 0.338 e. The predicted octanol–water partition coefficient (Wildman–Crippen LogP) is 2.90. The summed E-state index contributed by atoms with van der Waals surface area (Å²) in [6.07, 6.45) is 3.34. The molecule has 0 saturated heterocycles. The number of hydrogen-bond acceptors (Lipinski definition) is 4. The number of nitrogens with one attached hydrogen (secondary N) is 1. The third kappa shape index (κ3) is 3.79. The molecule has 0 saturated carbocycles. The van der Waals surface area contributed by atoms with Gasteiger partial charge in [-0.25, -0.2) is 9.59 Å². The first-order valence-electron chi connectivity index (χ1n) is 6.37. The summed E-state index contributed by atoms with van der Waals surface area (Å²) < 4.78 is 0. The van der Waals surface area contributed by atoms with E-state index in [4.69, 9.17) is 5.11 Å². The Morgan fingerprint density at radius 1 is 1.33 bits per heavy atom. The van der Waals surface area contributed by atoms with Crippen molar-refractivity contribution in [3.8, 4) is 0 Å².